The molecule has 0 aliphatic rings. The van der Waals surface area contributed by atoms with E-state index in [1.807, 2.05) is 50.9 Å². The van der Waals surface area contributed by atoms with Gasteiger partial charge in [0.1, 0.15) is 5.69 Å². The summed E-state index contributed by atoms with van der Waals surface area (Å²) in [6.07, 6.45) is 1.63. The van der Waals surface area contributed by atoms with Crippen LogP contribution in [0.3, 0.4) is 0 Å². The van der Waals surface area contributed by atoms with Crippen LogP contribution >= 0.6 is 11.6 Å². The number of benzene rings is 2. The Balaban J connectivity index is 2.29. The Morgan fingerprint density at radius 3 is 2.65 bits per heavy atom. The van der Waals surface area contributed by atoms with E-state index < -0.39 is 0 Å². The number of aliphatic imine (C=N–C) groups is 1. The molecule has 2 aromatic carbocycles. The number of nitrogens with zero attached hydrogens (tertiary/aromatic N) is 2. The van der Waals surface area contributed by atoms with Crippen LogP contribution in [0.1, 0.15) is 18.1 Å². The highest BCUT2D eigenvalue weighted by Crippen LogP contribution is 2.31. The van der Waals surface area contributed by atoms with Crippen molar-refractivity contribution in [3.63, 3.8) is 0 Å². The highest BCUT2D eigenvalue weighted by Gasteiger charge is 2.09. The third-order valence-electron chi connectivity index (χ3n) is 3.58. The molecule has 1 N–H and O–H groups in total. The zero-order valence-corrected chi connectivity index (χ0v) is 14.6. The summed E-state index contributed by atoms with van der Waals surface area (Å²) in [5.41, 5.74) is 3.74. The van der Waals surface area contributed by atoms with Crippen LogP contribution in [0.25, 0.3) is 0 Å². The minimum absolute atomic E-state index is 0.323. The minimum Gasteiger partial charge on any atom is -0.366 e. The van der Waals surface area contributed by atoms with E-state index >= 15 is 0 Å². The van der Waals surface area contributed by atoms with Crippen molar-refractivity contribution in [1.82, 2.24) is 4.90 Å². The predicted octanol–water partition coefficient (Wildman–Crippen LogP) is 5.45. The van der Waals surface area contributed by atoms with Gasteiger partial charge < -0.3 is 10.2 Å². The summed E-state index contributed by atoms with van der Waals surface area (Å²) in [6.45, 7) is 6.72. The van der Waals surface area contributed by atoms with Gasteiger partial charge in [-0.15, -0.1) is 0 Å². The van der Waals surface area contributed by atoms with Crippen LogP contribution in [0.15, 0.2) is 35.3 Å². The van der Waals surface area contributed by atoms with Gasteiger partial charge in [0.25, 0.3) is 0 Å². The number of aryl methyl sites for hydroxylation is 2. The molecule has 0 heterocycles. The minimum atomic E-state index is -0.373. The lowest BCUT2D eigenvalue weighted by molar-refractivity contribution is 0.551. The van der Waals surface area contributed by atoms with Gasteiger partial charge in [-0.2, -0.15) is 0 Å². The van der Waals surface area contributed by atoms with Gasteiger partial charge in [-0.3, -0.25) is 0 Å². The van der Waals surface area contributed by atoms with E-state index in [-0.39, 0.29) is 5.82 Å². The molecule has 122 valence electrons. The van der Waals surface area contributed by atoms with E-state index in [1.54, 1.807) is 12.4 Å². The molecule has 0 aliphatic heterocycles. The number of hydrogen-bond acceptors (Lipinski definition) is 2. The zero-order chi connectivity index (χ0) is 17.0. The fourth-order valence-electron chi connectivity index (χ4n) is 2.02. The lowest BCUT2D eigenvalue weighted by atomic mass is 10.1. The molecule has 0 saturated heterocycles. The first-order valence-electron chi connectivity index (χ1n) is 7.48. The van der Waals surface area contributed by atoms with Crippen molar-refractivity contribution < 1.29 is 4.39 Å². The maximum atomic E-state index is 14.3. The molecule has 0 aromatic heterocycles. The van der Waals surface area contributed by atoms with Crippen LogP contribution in [-0.4, -0.2) is 24.8 Å². The molecular weight excluding hydrogens is 313 g/mol. The molecule has 0 fully saturated rings. The van der Waals surface area contributed by atoms with Crippen LogP contribution in [0.4, 0.5) is 21.5 Å². The summed E-state index contributed by atoms with van der Waals surface area (Å²) in [4.78, 5) is 6.07. The van der Waals surface area contributed by atoms with E-state index in [0.29, 0.717) is 16.4 Å². The van der Waals surface area contributed by atoms with Gasteiger partial charge >= 0.3 is 0 Å². The first kappa shape index (κ1) is 17.3. The van der Waals surface area contributed by atoms with E-state index in [4.69, 9.17) is 11.6 Å². The van der Waals surface area contributed by atoms with Crippen molar-refractivity contribution in [2.75, 3.05) is 18.9 Å². The Bertz CT molecular complexity index is 728. The van der Waals surface area contributed by atoms with Gasteiger partial charge in [-0.1, -0.05) is 17.7 Å². The van der Waals surface area contributed by atoms with Gasteiger partial charge in [-0.05, 0) is 56.2 Å². The van der Waals surface area contributed by atoms with Gasteiger partial charge in [-0.25, -0.2) is 9.38 Å². The van der Waals surface area contributed by atoms with Crippen molar-refractivity contribution in [3.05, 3.63) is 52.3 Å². The standard InChI is InChI=1S/C18H21ClFN3/c1-5-23(4)11-21-18-9-13(3)16(10-15(18)20)22-17-8-12(2)6-7-14(17)19/h6-11,22H,5H2,1-4H3. The molecule has 2 rings (SSSR count). The van der Waals surface area contributed by atoms with E-state index in [2.05, 4.69) is 10.3 Å². The molecule has 0 spiro atoms. The molecule has 0 radical (unpaired) electrons. The van der Waals surface area contributed by atoms with Crippen molar-refractivity contribution in [1.29, 1.82) is 0 Å². The van der Waals surface area contributed by atoms with Crippen molar-refractivity contribution in [2.24, 2.45) is 4.99 Å². The summed E-state index contributed by atoms with van der Waals surface area (Å²) in [6, 6.07) is 8.86. The largest absolute Gasteiger partial charge is 0.366 e. The van der Waals surface area contributed by atoms with Crippen molar-refractivity contribution in [3.8, 4) is 0 Å². The maximum absolute atomic E-state index is 14.3. The van der Waals surface area contributed by atoms with Crippen molar-refractivity contribution in [2.45, 2.75) is 20.8 Å². The summed E-state index contributed by atoms with van der Waals surface area (Å²) in [5.74, 6) is -0.373. The highest BCUT2D eigenvalue weighted by atomic mass is 35.5. The third kappa shape index (κ3) is 4.45. The maximum Gasteiger partial charge on any atom is 0.150 e. The zero-order valence-electron chi connectivity index (χ0n) is 13.8. The van der Waals surface area contributed by atoms with Gasteiger partial charge in [0, 0.05) is 19.3 Å². The quantitative estimate of drug-likeness (QED) is 0.582. The number of hydrogen-bond donors (Lipinski definition) is 1. The molecule has 2 aromatic rings. The highest BCUT2D eigenvalue weighted by molar-refractivity contribution is 6.33. The Morgan fingerprint density at radius 1 is 1.22 bits per heavy atom. The predicted molar refractivity (Wildman–Crippen MR) is 97.1 cm³/mol. The normalized spacial score (nSPS) is 11.0. The molecule has 23 heavy (non-hydrogen) atoms. The average Bonchev–Trinajstić information content (AvgIpc) is 2.52. The second-order valence-corrected chi connectivity index (χ2v) is 5.95. The first-order valence-corrected chi connectivity index (χ1v) is 7.86. The molecule has 3 nitrogen and oxygen atoms in total. The number of anilines is 2. The second kappa shape index (κ2) is 7.47. The molecule has 5 heteroatoms. The van der Waals surface area contributed by atoms with Crippen LogP contribution in [0.2, 0.25) is 5.02 Å². The van der Waals surface area contributed by atoms with Crippen LogP contribution < -0.4 is 5.32 Å². The Labute approximate surface area is 141 Å². The molecule has 0 amide bonds. The Kier molecular flexibility index (Phi) is 5.61. The number of nitrogens with one attached hydrogen (secondary N) is 1. The molecule has 0 bridgehead atoms. The summed E-state index contributed by atoms with van der Waals surface area (Å²) >= 11 is 6.18. The van der Waals surface area contributed by atoms with E-state index in [1.165, 1.54) is 6.07 Å². The summed E-state index contributed by atoms with van der Waals surface area (Å²) in [5, 5.41) is 3.79. The van der Waals surface area contributed by atoms with E-state index in [0.717, 1.165) is 23.4 Å². The number of rotatable bonds is 5. The molecule has 0 atom stereocenters. The lowest BCUT2D eigenvalue weighted by Gasteiger charge is -2.13. The molecule has 0 aliphatic carbocycles. The van der Waals surface area contributed by atoms with Gasteiger partial charge in [0.15, 0.2) is 5.82 Å². The van der Waals surface area contributed by atoms with Gasteiger partial charge in [0.05, 0.1) is 17.0 Å². The number of halogens is 2. The van der Waals surface area contributed by atoms with Gasteiger partial charge in [0.2, 0.25) is 0 Å². The van der Waals surface area contributed by atoms with Crippen molar-refractivity contribution >= 4 is 35.0 Å². The van der Waals surface area contributed by atoms with Crippen LogP contribution in [-0.2, 0) is 0 Å². The fourth-order valence-corrected chi connectivity index (χ4v) is 2.19. The summed E-state index contributed by atoms with van der Waals surface area (Å²) in [7, 11) is 1.89. The van der Waals surface area contributed by atoms with Crippen LogP contribution in [0, 0.1) is 19.7 Å². The van der Waals surface area contributed by atoms with E-state index in [9.17, 15) is 4.39 Å². The topological polar surface area (TPSA) is 27.6 Å². The summed E-state index contributed by atoms with van der Waals surface area (Å²) < 4.78 is 14.3. The first-order chi connectivity index (χ1) is 10.9. The van der Waals surface area contributed by atoms with Crippen LogP contribution in [0.5, 0.6) is 0 Å². The molecule has 0 unspecified atom stereocenters. The average molecular weight is 334 g/mol. The Morgan fingerprint density at radius 2 is 1.96 bits per heavy atom. The monoisotopic (exact) mass is 333 g/mol. The Hall–Kier alpha value is -2.07. The fraction of sp³-hybridized carbons (Fsp3) is 0.278. The smallest absolute Gasteiger partial charge is 0.150 e. The molecular formula is C18H21ClFN3. The SMILES string of the molecule is CCN(C)C=Nc1cc(C)c(Nc2cc(C)ccc2Cl)cc1F. The third-order valence-corrected chi connectivity index (χ3v) is 3.91. The lowest BCUT2D eigenvalue weighted by Crippen LogP contribution is -2.14. The second-order valence-electron chi connectivity index (χ2n) is 5.54. The molecule has 0 saturated carbocycles.